The Morgan fingerprint density at radius 1 is 0.969 bits per heavy atom. The average Bonchev–Trinajstić information content (AvgIpc) is 3.23. The summed E-state index contributed by atoms with van der Waals surface area (Å²) in [7, 11) is 0. The zero-order valence-corrected chi connectivity index (χ0v) is 17.8. The van der Waals surface area contributed by atoms with E-state index in [0.29, 0.717) is 13.0 Å². The molecule has 4 aromatic rings. The van der Waals surface area contributed by atoms with Crippen molar-refractivity contribution in [2.75, 3.05) is 13.1 Å². The molecule has 1 aromatic heterocycles. The Hall–Kier alpha value is -3.57. The van der Waals surface area contributed by atoms with E-state index in [1.54, 1.807) is 4.90 Å². The van der Waals surface area contributed by atoms with Gasteiger partial charge in [0.1, 0.15) is 6.61 Å². The highest BCUT2D eigenvalue weighted by molar-refractivity contribution is 5.91. The number of piperidine rings is 1. The van der Waals surface area contributed by atoms with Crippen molar-refractivity contribution in [3.05, 3.63) is 96.1 Å². The molecule has 2 N–H and O–H groups in total. The Morgan fingerprint density at radius 2 is 1.66 bits per heavy atom. The van der Waals surface area contributed by atoms with Crippen LogP contribution >= 0.6 is 0 Å². The molecule has 0 aliphatic carbocycles. The molecular formula is C27H26N2O3. The molecular weight excluding hydrogens is 400 g/mol. The van der Waals surface area contributed by atoms with E-state index in [2.05, 4.69) is 29.2 Å². The van der Waals surface area contributed by atoms with Gasteiger partial charge in [-0.3, -0.25) is 0 Å². The van der Waals surface area contributed by atoms with E-state index in [-0.39, 0.29) is 25.2 Å². The first kappa shape index (κ1) is 20.3. The highest BCUT2D eigenvalue weighted by Gasteiger charge is 2.35. The monoisotopic (exact) mass is 426 g/mol. The summed E-state index contributed by atoms with van der Waals surface area (Å²) < 4.78 is 5.47. The summed E-state index contributed by atoms with van der Waals surface area (Å²) in [5.74, 6) is -0.0699. The number of rotatable bonds is 4. The van der Waals surface area contributed by atoms with Crippen molar-refractivity contribution in [2.24, 2.45) is 0 Å². The Kier molecular flexibility index (Phi) is 5.65. The van der Waals surface area contributed by atoms with Gasteiger partial charge in [0.2, 0.25) is 0 Å². The van der Waals surface area contributed by atoms with Gasteiger partial charge in [0.15, 0.2) is 0 Å². The summed E-state index contributed by atoms with van der Waals surface area (Å²) in [6.07, 6.45) is -0.383. The SMILES string of the molecule is O=C(OCc1ccccc1)N1CC[C@@H](c2c(-c3ccccc3)[nH]c3ccccc23)[C@H](O)C1. The topological polar surface area (TPSA) is 65.6 Å². The van der Waals surface area contributed by atoms with Crippen LogP contribution in [0.1, 0.15) is 23.5 Å². The maximum atomic E-state index is 12.6. The number of carbonyl (C=O) groups excluding carboxylic acids is 1. The minimum Gasteiger partial charge on any atom is -0.445 e. The van der Waals surface area contributed by atoms with Crippen molar-refractivity contribution in [3.63, 3.8) is 0 Å². The molecule has 3 aromatic carbocycles. The first-order valence-corrected chi connectivity index (χ1v) is 11.0. The first-order valence-electron chi connectivity index (χ1n) is 11.0. The molecule has 0 saturated carbocycles. The summed E-state index contributed by atoms with van der Waals surface area (Å²) in [5, 5.41) is 12.2. The molecule has 1 saturated heterocycles. The summed E-state index contributed by atoms with van der Waals surface area (Å²) in [4.78, 5) is 17.8. The van der Waals surface area contributed by atoms with Crippen LogP contribution < -0.4 is 0 Å². The van der Waals surface area contributed by atoms with E-state index in [0.717, 1.165) is 33.3 Å². The summed E-state index contributed by atoms with van der Waals surface area (Å²) in [6, 6.07) is 28.0. The molecule has 2 atom stereocenters. The second-order valence-electron chi connectivity index (χ2n) is 8.27. The van der Waals surface area contributed by atoms with Gasteiger partial charge in [0, 0.05) is 23.4 Å². The van der Waals surface area contributed by atoms with E-state index in [1.807, 2.05) is 60.7 Å². The van der Waals surface area contributed by atoms with Crippen molar-refractivity contribution in [3.8, 4) is 11.3 Å². The van der Waals surface area contributed by atoms with Gasteiger partial charge in [-0.15, -0.1) is 0 Å². The number of aliphatic hydroxyl groups excluding tert-OH is 1. The molecule has 5 heteroatoms. The van der Waals surface area contributed by atoms with E-state index in [9.17, 15) is 9.90 Å². The highest BCUT2D eigenvalue weighted by Crippen LogP contribution is 2.40. The number of hydrogen-bond donors (Lipinski definition) is 2. The number of para-hydroxylation sites is 1. The average molecular weight is 427 g/mol. The molecule has 2 heterocycles. The third kappa shape index (κ3) is 3.99. The molecule has 162 valence electrons. The lowest BCUT2D eigenvalue weighted by atomic mass is 9.84. The second-order valence-corrected chi connectivity index (χ2v) is 8.27. The normalized spacial score (nSPS) is 18.6. The number of nitrogens with one attached hydrogen (secondary N) is 1. The quantitative estimate of drug-likeness (QED) is 0.464. The molecule has 5 nitrogen and oxygen atoms in total. The van der Waals surface area contributed by atoms with Crippen molar-refractivity contribution >= 4 is 17.0 Å². The van der Waals surface area contributed by atoms with Crippen molar-refractivity contribution < 1.29 is 14.6 Å². The van der Waals surface area contributed by atoms with Crippen LogP contribution in [0.5, 0.6) is 0 Å². The fourth-order valence-corrected chi connectivity index (χ4v) is 4.63. The number of H-pyrrole nitrogens is 1. The number of aliphatic hydroxyl groups is 1. The number of amides is 1. The van der Waals surface area contributed by atoms with Crippen LogP contribution in [0.25, 0.3) is 22.2 Å². The van der Waals surface area contributed by atoms with E-state index in [4.69, 9.17) is 4.74 Å². The molecule has 1 aliphatic rings. The largest absolute Gasteiger partial charge is 0.445 e. The molecule has 0 bridgehead atoms. The standard InChI is InChI=1S/C27H26N2O3/c30-24-17-29(27(31)32-18-19-9-3-1-4-10-19)16-15-22(24)25-21-13-7-8-14-23(21)28-26(25)20-11-5-2-6-12-20/h1-14,22,24,28,30H,15-18H2/t22-,24-/m1/s1. The Bertz CT molecular complexity index is 1200. The van der Waals surface area contributed by atoms with Crippen LogP contribution in [-0.2, 0) is 11.3 Å². The Balaban J connectivity index is 1.36. The number of likely N-dealkylation sites (tertiary alicyclic amines) is 1. The Labute approximate surface area is 187 Å². The fraction of sp³-hybridized carbons (Fsp3) is 0.222. The molecule has 0 unspecified atom stereocenters. The highest BCUT2D eigenvalue weighted by atomic mass is 16.6. The number of β-amino-alcohol motifs (C(OH)–C–C–N with tert-alkyl or cyclic N) is 1. The number of nitrogens with zero attached hydrogens (tertiary/aromatic N) is 1. The minimum absolute atomic E-state index is 0.0699. The van der Waals surface area contributed by atoms with Gasteiger partial charge in [0.25, 0.3) is 0 Å². The molecule has 0 spiro atoms. The third-order valence-corrected chi connectivity index (χ3v) is 6.22. The van der Waals surface area contributed by atoms with Gasteiger partial charge in [0.05, 0.1) is 18.3 Å². The van der Waals surface area contributed by atoms with E-state index < -0.39 is 6.10 Å². The van der Waals surface area contributed by atoms with Gasteiger partial charge >= 0.3 is 6.09 Å². The predicted octanol–water partition coefficient (Wildman–Crippen LogP) is 5.32. The van der Waals surface area contributed by atoms with Gasteiger partial charge in [-0.2, -0.15) is 0 Å². The molecule has 1 amide bonds. The van der Waals surface area contributed by atoms with Gasteiger partial charge in [-0.1, -0.05) is 78.9 Å². The number of hydrogen-bond acceptors (Lipinski definition) is 3. The van der Waals surface area contributed by atoms with Crippen LogP contribution in [0.4, 0.5) is 4.79 Å². The molecule has 0 radical (unpaired) electrons. The van der Waals surface area contributed by atoms with Crippen LogP contribution in [0, 0.1) is 0 Å². The molecule has 5 rings (SSSR count). The minimum atomic E-state index is -0.672. The second kappa shape index (κ2) is 8.89. The molecule has 32 heavy (non-hydrogen) atoms. The fourth-order valence-electron chi connectivity index (χ4n) is 4.63. The lowest BCUT2D eigenvalue weighted by Gasteiger charge is -2.35. The van der Waals surface area contributed by atoms with Crippen molar-refractivity contribution in [1.29, 1.82) is 0 Å². The zero-order chi connectivity index (χ0) is 21.9. The summed E-state index contributed by atoms with van der Waals surface area (Å²) in [5.41, 5.74) is 5.25. The van der Waals surface area contributed by atoms with Crippen LogP contribution in [-0.4, -0.2) is 40.3 Å². The van der Waals surface area contributed by atoms with Gasteiger partial charge < -0.3 is 19.7 Å². The van der Waals surface area contributed by atoms with Crippen molar-refractivity contribution in [1.82, 2.24) is 9.88 Å². The van der Waals surface area contributed by atoms with Crippen LogP contribution in [0.3, 0.4) is 0 Å². The molecule has 1 fully saturated rings. The lowest BCUT2D eigenvalue weighted by Crippen LogP contribution is -2.46. The number of ether oxygens (including phenoxy) is 1. The van der Waals surface area contributed by atoms with E-state index in [1.165, 1.54) is 0 Å². The van der Waals surface area contributed by atoms with Gasteiger partial charge in [-0.25, -0.2) is 4.79 Å². The maximum Gasteiger partial charge on any atom is 0.410 e. The zero-order valence-electron chi connectivity index (χ0n) is 17.8. The number of carbonyl (C=O) groups is 1. The van der Waals surface area contributed by atoms with Crippen LogP contribution in [0.2, 0.25) is 0 Å². The number of benzene rings is 3. The van der Waals surface area contributed by atoms with E-state index >= 15 is 0 Å². The van der Waals surface area contributed by atoms with Crippen molar-refractivity contribution in [2.45, 2.75) is 25.0 Å². The lowest BCUT2D eigenvalue weighted by molar-refractivity contribution is 0.0348. The van der Waals surface area contributed by atoms with Crippen LogP contribution in [0.15, 0.2) is 84.9 Å². The first-order chi connectivity index (χ1) is 15.7. The maximum absolute atomic E-state index is 12.6. The molecule has 1 aliphatic heterocycles. The number of aromatic amines is 1. The summed E-state index contributed by atoms with van der Waals surface area (Å²) in [6.45, 7) is 1.03. The smallest absolute Gasteiger partial charge is 0.410 e. The van der Waals surface area contributed by atoms with Gasteiger partial charge in [-0.05, 0) is 29.2 Å². The summed E-state index contributed by atoms with van der Waals surface area (Å²) >= 11 is 0. The number of fused-ring (bicyclic) bond motifs is 1. The predicted molar refractivity (Wildman–Crippen MR) is 125 cm³/mol. The Morgan fingerprint density at radius 3 is 2.41 bits per heavy atom. The number of aromatic nitrogens is 1. The third-order valence-electron chi connectivity index (χ3n) is 6.22.